The Balaban J connectivity index is 2.34. The van der Waals surface area contributed by atoms with Crippen LogP contribution >= 0.6 is 0 Å². The van der Waals surface area contributed by atoms with Crippen LogP contribution < -0.4 is 10.1 Å². The van der Waals surface area contributed by atoms with Gasteiger partial charge in [0.15, 0.2) is 0 Å². The Morgan fingerprint density at radius 3 is 2.88 bits per heavy atom. The summed E-state index contributed by atoms with van der Waals surface area (Å²) in [5.41, 5.74) is 2.03. The molecular formula is C13H17NO2. The highest BCUT2D eigenvalue weighted by atomic mass is 16.5. The fraction of sp³-hybridized carbons (Fsp3) is 0.462. The van der Waals surface area contributed by atoms with E-state index in [2.05, 4.69) is 5.32 Å². The van der Waals surface area contributed by atoms with E-state index in [-0.39, 0.29) is 12.0 Å². The van der Waals surface area contributed by atoms with Gasteiger partial charge in [-0.25, -0.2) is 0 Å². The van der Waals surface area contributed by atoms with Gasteiger partial charge in [0.25, 0.3) is 0 Å². The third-order valence-electron chi connectivity index (χ3n) is 2.60. The van der Waals surface area contributed by atoms with Gasteiger partial charge >= 0.3 is 0 Å². The van der Waals surface area contributed by atoms with Crippen molar-refractivity contribution in [2.24, 2.45) is 0 Å². The molecule has 0 unspecified atom stereocenters. The fourth-order valence-electron chi connectivity index (χ4n) is 1.94. The van der Waals surface area contributed by atoms with Crippen LogP contribution in [-0.2, 0) is 11.2 Å². The molecule has 1 aromatic rings. The van der Waals surface area contributed by atoms with Crippen molar-refractivity contribution in [3.63, 3.8) is 0 Å². The summed E-state index contributed by atoms with van der Waals surface area (Å²) in [4.78, 5) is 11.4. The summed E-state index contributed by atoms with van der Waals surface area (Å²) in [6.07, 6.45) is 2.54. The zero-order chi connectivity index (χ0) is 11.5. The molecule has 0 aliphatic carbocycles. The summed E-state index contributed by atoms with van der Waals surface area (Å²) in [6, 6.07) is 5.82. The Bertz CT molecular complexity index is 399. The molecule has 0 saturated carbocycles. The van der Waals surface area contributed by atoms with E-state index in [1.54, 1.807) is 0 Å². The molecule has 0 bridgehead atoms. The molecule has 0 aromatic heterocycles. The number of anilines is 1. The van der Waals surface area contributed by atoms with Crippen molar-refractivity contribution in [3.05, 3.63) is 23.8 Å². The molecule has 1 aromatic carbocycles. The van der Waals surface area contributed by atoms with Gasteiger partial charge in [0.05, 0.1) is 6.10 Å². The Morgan fingerprint density at radius 2 is 2.12 bits per heavy atom. The molecule has 1 heterocycles. The van der Waals surface area contributed by atoms with E-state index < -0.39 is 0 Å². The van der Waals surface area contributed by atoms with Gasteiger partial charge in [-0.1, -0.05) is 6.07 Å². The molecule has 2 rings (SSSR count). The van der Waals surface area contributed by atoms with Gasteiger partial charge in [0.2, 0.25) is 5.91 Å². The first kappa shape index (κ1) is 11.0. The predicted octanol–water partition coefficient (Wildman–Crippen LogP) is 2.75. The Morgan fingerprint density at radius 1 is 1.31 bits per heavy atom. The Kier molecular flexibility index (Phi) is 3.13. The second-order valence-corrected chi connectivity index (χ2v) is 4.35. The molecule has 0 atom stereocenters. The summed E-state index contributed by atoms with van der Waals surface area (Å²) in [7, 11) is 0. The minimum Gasteiger partial charge on any atom is -0.491 e. The van der Waals surface area contributed by atoms with E-state index in [9.17, 15) is 4.79 Å². The molecule has 0 fully saturated rings. The molecule has 0 radical (unpaired) electrons. The SMILES string of the molecule is CC(C)Oc1cccc2c1CCCC(=O)N2. The number of benzene rings is 1. The van der Waals surface area contributed by atoms with Crippen LogP contribution in [0.4, 0.5) is 5.69 Å². The summed E-state index contributed by atoms with van der Waals surface area (Å²) in [6.45, 7) is 4.02. The quantitative estimate of drug-likeness (QED) is 0.830. The molecule has 1 aliphatic heterocycles. The lowest BCUT2D eigenvalue weighted by Gasteiger charge is -2.15. The van der Waals surface area contributed by atoms with Crippen LogP contribution in [0.5, 0.6) is 5.75 Å². The second kappa shape index (κ2) is 4.56. The zero-order valence-electron chi connectivity index (χ0n) is 9.75. The van der Waals surface area contributed by atoms with Crippen LogP contribution in [0.1, 0.15) is 32.3 Å². The third kappa shape index (κ3) is 2.35. The molecule has 86 valence electrons. The van der Waals surface area contributed by atoms with Crippen LogP contribution in [0.3, 0.4) is 0 Å². The standard InChI is InChI=1S/C13H17NO2/c1-9(2)16-12-7-4-6-11-10(12)5-3-8-13(15)14-11/h4,6-7,9H,3,5,8H2,1-2H3,(H,14,15). The van der Waals surface area contributed by atoms with Crippen molar-refractivity contribution >= 4 is 11.6 Å². The van der Waals surface area contributed by atoms with Crippen molar-refractivity contribution in [3.8, 4) is 5.75 Å². The van der Waals surface area contributed by atoms with E-state index in [0.717, 1.165) is 29.8 Å². The third-order valence-corrected chi connectivity index (χ3v) is 2.60. The highest BCUT2D eigenvalue weighted by Crippen LogP contribution is 2.31. The monoisotopic (exact) mass is 219 g/mol. The van der Waals surface area contributed by atoms with E-state index in [4.69, 9.17) is 4.74 Å². The lowest BCUT2D eigenvalue weighted by Crippen LogP contribution is -2.10. The van der Waals surface area contributed by atoms with Crippen LogP contribution in [0.15, 0.2) is 18.2 Å². The highest BCUT2D eigenvalue weighted by molar-refractivity contribution is 5.92. The molecule has 0 spiro atoms. The molecule has 16 heavy (non-hydrogen) atoms. The van der Waals surface area contributed by atoms with Crippen LogP contribution in [0.2, 0.25) is 0 Å². The van der Waals surface area contributed by atoms with Crippen LogP contribution in [0.25, 0.3) is 0 Å². The van der Waals surface area contributed by atoms with Crippen LogP contribution in [0, 0.1) is 0 Å². The van der Waals surface area contributed by atoms with Gasteiger partial charge in [-0.15, -0.1) is 0 Å². The molecule has 1 aliphatic rings. The first-order valence-corrected chi connectivity index (χ1v) is 5.75. The van der Waals surface area contributed by atoms with E-state index in [1.807, 2.05) is 32.0 Å². The summed E-state index contributed by atoms with van der Waals surface area (Å²) in [5, 5.41) is 2.92. The number of nitrogens with one attached hydrogen (secondary N) is 1. The number of carbonyl (C=O) groups is 1. The molecular weight excluding hydrogens is 202 g/mol. The lowest BCUT2D eigenvalue weighted by molar-refractivity contribution is -0.116. The first-order chi connectivity index (χ1) is 7.66. The second-order valence-electron chi connectivity index (χ2n) is 4.35. The van der Waals surface area contributed by atoms with Crippen molar-refractivity contribution in [2.45, 2.75) is 39.2 Å². The van der Waals surface area contributed by atoms with Crippen molar-refractivity contribution in [1.82, 2.24) is 0 Å². The number of carbonyl (C=O) groups excluding carboxylic acids is 1. The van der Waals surface area contributed by atoms with Crippen molar-refractivity contribution < 1.29 is 9.53 Å². The largest absolute Gasteiger partial charge is 0.491 e. The number of rotatable bonds is 2. The smallest absolute Gasteiger partial charge is 0.224 e. The maximum Gasteiger partial charge on any atom is 0.224 e. The van der Waals surface area contributed by atoms with Gasteiger partial charge in [0, 0.05) is 17.7 Å². The van der Waals surface area contributed by atoms with Gasteiger partial charge in [-0.05, 0) is 38.8 Å². The number of ether oxygens (including phenoxy) is 1. The summed E-state index contributed by atoms with van der Waals surface area (Å²) in [5.74, 6) is 0.996. The molecule has 1 N–H and O–H groups in total. The van der Waals surface area contributed by atoms with E-state index in [0.29, 0.717) is 6.42 Å². The Hall–Kier alpha value is -1.51. The van der Waals surface area contributed by atoms with Gasteiger partial charge in [-0.2, -0.15) is 0 Å². The van der Waals surface area contributed by atoms with Gasteiger partial charge in [0.1, 0.15) is 5.75 Å². The van der Waals surface area contributed by atoms with E-state index in [1.165, 1.54) is 0 Å². The maximum absolute atomic E-state index is 11.4. The minimum atomic E-state index is 0.0976. The lowest BCUT2D eigenvalue weighted by atomic mass is 10.1. The minimum absolute atomic E-state index is 0.0976. The molecule has 0 saturated heterocycles. The topological polar surface area (TPSA) is 38.3 Å². The number of hydrogen-bond donors (Lipinski definition) is 1. The summed E-state index contributed by atoms with van der Waals surface area (Å²) >= 11 is 0. The zero-order valence-corrected chi connectivity index (χ0v) is 9.75. The average molecular weight is 219 g/mol. The normalized spacial score (nSPS) is 15.3. The Labute approximate surface area is 95.8 Å². The summed E-state index contributed by atoms with van der Waals surface area (Å²) < 4.78 is 5.75. The van der Waals surface area contributed by atoms with Gasteiger partial charge < -0.3 is 10.1 Å². The average Bonchev–Trinajstić information content (AvgIpc) is 2.38. The number of hydrogen-bond acceptors (Lipinski definition) is 2. The fourth-order valence-corrected chi connectivity index (χ4v) is 1.94. The van der Waals surface area contributed by atoms with Crippen molar-refractivity contribution in [1.29, 1.82) is 0 Å². The number of amides is 1. The van der Waals surface area contributed by atoms with E-state index >= 15 is 0 Å². The molecule has 1 amide bonds. The highest BCUT2D eigenvalue weighted by Gasteiger charge is 2.16. The van der Waals surface area contributed by atoms with Gasteiger partial charge in [-0.3, -0.25) is 4.79 Å². The number of fused-ring (bicyclic) bond motifs is 1. The molecule has 3 nitrogen and oxygen atoms in total. The van der Waals surface area contributed by atoms with Crippen molar-refractivity contribution in [2.75, 3.05) is 5.32 Å². The molecule has 3 heteroatoms. The predicted molar refractivity (Wildman–Crippen MR) is 63.8 cm³/mol. The first-order valence-electron chi connectivity index (χ1n) is 5.75. The maximum atomic E-state index is 11.4. The van der Waals surface area contributed by atoms with Crippen LogP contribution in [-0.4, -0.2) is 12.0 Å².